The molecule has 1 N–H and O–H groups in total. The lowest BCUT2D eigenvalue weighted by molar-refractivity contribution is -0.140. The lowest BCUT2D eigenvalue weighted by atomic mass is 9.97. The van der Waals surface area contributed by atoms with Gasteiger partial charge in [-0.15, -0.1) is 11.3 Å². The Labute approximate surface area is 135 Å². The van der Waals surface area contributed by atoms with Crippen LogP contribution in [0.2, 0.25) is 0 Å². The predicted octanol–water partition coefficient (Wildman–Crippen LogP) is 3.41. The maximum Gasteiger partial charge on any atom is 0.303 e. The standard InChI is InChI=1S/C17H23NO3S/c1-11-7-9-22-16(11)13-10-14(13)17(21)18-8-3-2-4-12(18)5-6-15(19)20/h7,9,12-14H,2-6,8,10H2,1H3,(H,19,20). The quantitative estimate of drug-likeness (QED) is 0.904. The van der Waals surface area contributed by atoms with Gasteiger partial charge in [0, 0.05) is 35.7 Å². The molecule has 0 aromatic carbocycles. The van der Waals surface area contributed by atoms with Crippen LogP contribution in [0.15, 0.2) is 11.4 Å². The predicted molar refractivity (Wildman–Crippen MR) is 86.1 cm³/mol. The normalized spacial score (nSPS) is 27.7. The van der Waals surface area contributed by atoms with Crippen LogP contribution in [0.5, 0.6) is 0 Å². The summed E-state index contributed by atoms with van der Waals surface area (Å²) in [5.41, 5.74) is 1.30. The molecule has 1 amide bonds. The second-order valence-electron chi connectivity index (χ2n) is 6.53. The summed E-state index contributed by atoms with van der Waals surface area (Å²) < 4.78 is 0. The first kappa shape index (κ1) is 15.5. The Balaban J connectivity index is 1.63. The average Bonchev–Trinajstić information content (AvgIpc) is 3.19. The van der Waals surface area contributed by atoms with Crippen molar-refractivity contribution < 1.29 is 14.7 Å². The van der Waals surface area contributed by atoms with E-state index in [1.807, 2.05) is 4.90 Å². The van der Waals surface area contributed by atoms with Crippen molar-refractivity contribution in [2.24, 2.45) is 5.92 Å². The average molecular weight is 321 g/mol. The van der Waals surface area contributed by atoms with E-state index in [1.54, 1.807) is 11.3 Å². The van der Waals surface area contributed by atoms with Crippen molar-refractivity contribution >= 4 is 23.2 Å². The minimum atomic E-state index is -0.767. The Bertz CT molecular complexity index is 568. The maximum atomic E-state index is 12.8. The third-order valence-electron chi connectivity index (χ3n) is 4.95. The Kier molecular flexibility index (Phi) is 4.52. The van der Waals surface area contributed by atoms with E-state index in [0.29, 0.717) is 12.3 Å². The van der Waals surface area contributed by atoms with Crippen LogP contribution in [-0.4, -0.2) is 34.5 Å². The summed E-state index contributed by atoms with van der Waals surface area (Å²) in [4.78, 5) is 27.0. The molecular weight excluding hydrogens is 298 g/mol. The van der Waals surface area contributed by atoms with Gasteiger partial charge in [0.25, 0.3) is 0 Å². The van der Waals surface area contributed by atoms with Gasteiger partial charge in [-0.2, -0.15) is 0 Å². The van der Waals surface area contributed by atoms with Crippen molar-refractivity contribution in [2.75, 3.05) is 6.54 Å². The van der Waals surface area contributed by atoms with E-state index in [9.17, 15) is 9.59 Å². The number of hydrogen-bond acceptors (Lipinski definition) is 3. The van der Waals surface area contributed by atoms with Crippen molar-refractivity contribution in [3.8, 4) is 0 Å². The number of rotatable bonds is 5. The summed E-state index contributed by atoms with van der Waals surface area (Å²) in [6.45, 7) is 2.91. The summed E-state index contributed by atoms with van der Waals surface area (Å²) in [5.74, 6) is 0.0155. The minimum Gasteiger partial charge on any atom is -0.481 e. The molecule has 1 aliphatic carbocycles. The van der Waals surface area contributed by atoms with E-state index < -0.39 is 5.97 Å². The number of aryl methyl sites for hydroxylation is 1. The van der Waals surface area contributed by atoms with Gasteiger partial charge in [-0.25, -0.2) is 0 Å². The molecule has 1 aromatic rings. The van der Waals surface area contributed by atoms with Gasteiger partial charge < -0.3 is 10.0 Å². The van der Waals surface area contributed by atoms with Gasteiger partial charge in [0.05, 0.1) is 0 Å². The van der Waals surface area contributed by atoms with Gasteiger partial charge in [0.1, 0.15) is 0 Å². The molecule has 0 spiro atoms. The van der Waals surface area contributed by atoms with E-state index >= 15 is 0 Å². The molecule has 0 radical (unpaired) electrons. The highest BCUT2D eigenvalue weighted by atomic mass is 32.1. The van der Waals surface area contributed by atoms with Crippen molar-refractivity contribution in [1.29, 1.82) is 0 Å². The monoisotopic (exact) mass is 321 g/mol. The molecule has 1 aromatic heterocycles. The first-order valence-electron chi connectivity index (χ1n) is 8.14. The molecule has 3 unspecified atom stereocenters. The van der Waals surface area contributed by atoms with Crippen LogP contribution in [0.3, 0.4) is 0 Å². The molecule has 3 rings (SSSR count). The summed E-state index contributed by atoms with van der Waals surface area (Å²) >= 11 is 1.75. The molecule has 0 bridgehead atoms. The summed E-state index contributed by atoms with van der Waals surface area (Å²) in [6.07, 6.45) is 4.82. The van der Waals surface area contributed by atoms with Crippen LogP contribution in [0.25, 0.3) is 0 Å². The topological polar surface area (TPSA) is 57.6 Å². The SMILES string of the molecule is Cc1ccsc1C1CC1C(=O)N1CCCCC1CCC(=O)O. The highest BCUT2D eigenvalue weighted by Gasteiger charge is 2.48. The molecule has 3 atom stereocenters. The van der Waals surface area contributed by atoms with Crippen LogP contribution in [0.1, 0.15) is 54.9 Å². The van der Waals surface area contributed by atoms with Gasteiger partial charge in [-0.3, -0.25) is 9.59 Å². The third kappa shape index (κ3) is 3.19. The van der Waals surface area contributed by atoms with Gasteiger partial charge >= 0.3 is 5.97 Å². The molecule has 5 heteroatoms. The number of nitrogens with zero attached hydrogens (tertiary/aromatic N) is 1. The number of carboxylic acids is 1. The van der Waals surface area contributed by atoms with Crippen LogP contribution in [0.4, 0.5) is 0 Å². The molecule has 22 heavy (non-hydrogen) atoms. The van der Waals surface area contributed by atoms with Crippen LogP contribution < -0.4 is 0 Å². The highest BCUT2D eigenvalue weighted by molar-refractivity contribution is 7.10. The molecule has 2 aliphatic rings. The van der Waals surface area contributed by atoms with E-state index in [-0.39, 0.29) is 24.3 Å². The number of carbonyl (C=O) groups is 2. The van der Waals surface area contributed by atoms with Crippen molar-refractivity contribution in [1.82, 2.24) is 4.90 Å². The van der Waals surface area contributed by atoms with Crippen molar-refractivity contribution in [3.05, 3.63) is 21.9 Å². The van der Waals surface area contributed by atoms with Gasteiger partial charge in [-0.05, 0) is 56.0 Å². The van der Waals surface area contributed by atoms with Crippen molar-refractivity contribution in [3.63, 3.8) is 0 Å². The lowest BCUT2D eigenvalue weighted by Crippen LogP contribution is -2.44. The Morgan fingerprint density at radius 1 is 1.41 bits per heavy atom. The largest absolute Gasteiger partial charge is 0.481 e. The van der Waals surface area contributed by atoms with Crippen LogP contribution in [0, 0.1) is 12.8 Å². The first-order chi connectivity index (χ1) is 10.6. The fourth-order valence-corrected chi connectivity index (χ4v) is 4.72. The Hall–Kier alpha value is -1.36. The number of amides is 1. The fraction of sp³-hybridized carbons (Fsp3) is 0.647. The van der Waals surface area contributed by atoms with Gasteiger partial charge in [0.2, 0.25) is 5.91 Å². The molecule has 1 saturated carbocycles. The van der Waals surface area contributed by atoms with E-state index in [4.69, 9.17) is 5.11 Å². The second-order valence-corrected chi connectivity index (χ2v) is 7.48. The molecule has 4 nitrogen and oxygen atoms in total. The zero-order valence-electron chi connectivity index (χ0n) is 13.0. The zero-order chi connectivity index (χ0) is 15.7. The van der Waals surface area contributed by atoms with E-state index in [2.05, 4.69) is 18.4 Å². The molecule has 2 fully saturated rings. The number of carboxylic acid groups (broad SMARTS) is 1. The number of likely N-dealkylation sites (tertiary alicyclic amines) is 1. The van der Waals surface area contributed by atoms with E-state index in [1.165, 1.54) is 10.4 Å². The lowest BCUT2D eigenvalue weighted by Gasteiger charge is -2.36. The molecule has 2 heterocycles. The highest BCUT2D eigenvalue weighted by Crippen LogP contribution is 2.51. The number of thiophene rings is 1. The zero-order valence-corrected chi connectivity index (χ0v) is 13.8. The Morgan fingerprint density at radius 3 is 2.91 bits per heavy atom. The number of piperidine rings is 1. The van der Waals surface area contributed by atoms with Crippen molar-refractivity contribution in [2.45, 2.75) is 57.4 Å². The number of hydrogen-bond donors (Lipinski definition) is 1. The summed E-state index contributed by atoms with van der Waals surface area (Å²) in [5, 5.41) is 11.0. The number of carbonyl (C=O) groups excluding carboxylic acids is 1. The third-order valence-corrected chi connectivity index (χ3v) is 6.10. The second kappa shape index (κ2) is 6.41. The summed E-state index contributed by atoms with van der Waals surface area (Å²) in [7, 11) is 0. The van der Waals surface area contributed by atoms with E-state index in [0.717, 1.165) is 32.2 Å². The fourth-order valence-electron chi connectivity index (χ4n) is 3.62. The van der Waals surface area contributed by atoms with Gasteiger partial charge in [-0.1, -0.05) is 0 Å². The summed E-state index contributed by atoms with van der Waals surface area (Å²) in [6, 6.07) is 2.25. The maximum absolute atomic E-state index is 12.8. The molecule has 1 saturated heterocycles. The van der Waals surface area contributed by atoms with Crippen LogP contribution in [-0.2, 0) is 9.59 Å². The number of aliphatic carboxylic acids is 1. The minimum absolute atomic E-state index is 0.128. The first-order valence-corrected chi connectivity index (χ1v) is 9.02. The molecule has 120 valence electrons. The van der Waals surface area contributed by atoms with Crippen LogP contribution >= 0.6 is 11.3 Å². The molecule has 1 aliphatic heterocycles. The van der Waals surface area contributed by atoms with Gasteiger partial charge in [0.15, 0.2) is 0 Å². The molecular formula is C17H23NO3S. The smallest absolute Gasteiger partial charge is 0.303 e. The Morgan fingerprint density at radius 2 is 2.23 bits per heavy atom.